The van der Waals surface area contributed by atoms with Gasteiger partial charge in [-0.1, -0.05) is 0 Å². The number of aryl methyl sites for hydroxylation is 2. The minimum Gasteiger partial charge on any atom is -0.497 e. The summed E-state index contributed by atoms with van der Waals surface area (Å²) in [5, 5.41) is 7.44. The van der Waals surface area contributed by atoms with Crippen molar-refractivity contribution in [2.75, 3.05) is 44.9 Å². The second-order valence-electron chi connectivity index (χ2n) is 6.94. The Morgan fingerprint density at radius 3 is 2.54 bits per heavy atom. The van der Waals surface area contributed by atoms with Crippen LogP contribution in [0.3, 0.4) is 0 Å². The molecule has 0 unspecified atom stereocenters. The highest BCUT2D eigenvalue weighted by atomic mass is 16.5. The number of nitrogens with zero attached hydrogens (tertiary/aromatic N) is 5. The predicted molar refractivity (Wildman–Crippen MR) is 113 cm³/mol. The van der Waals surface area contributed by atoms with E-state index < -0.39 is 0 Å². The number of fused-ring (bicyclic) bond motifs is 1. The average molecular weight is 381 g/mol. The van der Waals surface area contributed by atoms with Gasteiger partial charge in [-0.3, -0.25) is 5.32 Å². The molecule has 0 bridgehead atoms. The Balaban J connectivity index is 1.77. The van der Waals surface area contributed by atoms with Gasteiger partial charge < -0.3 is 15.0 Å². The van der Waals surface area contributed by atoms with Crippen molar-refractivity contribution in [2.45, 2.75) is 20.3 Å². The lowest BCUT2D eigenvalue weighted by Gasteiger charge is -2.12. The van der Waals surface area contributed by atoms with E-state index in [1.807, 2.05) is 38.1 Å². The summed E-state index contributed by atoms with van der Waals surface area (Å²) in [5.74, 6) is 2.52. The maximum Gasteiger partial charge on any atom is 0.231 e. The Kier molecular flexibility index (Phi) is 6.20. The summed E-state index contributed by atoms with van der Waals surface area (Å²) in [6.07, 6.45) is 1.04. The van der Waals surface area contributed by atoms with Gasteiger partial charge in [0.25, 0.3) is 0 Å². The minimum atomic E-state index is 0.472. The van der Waals surface area contributed by atoms with Crippen molar-refractivity contribution in [3.8, 4) is 5.75 Å². The normalized spacial score (nSPS) is 11.1. The standard InChI is InChI=1S/C20H27N7O/c1-13-11-18(21-9-6-10-27(3)4)25-19(22-13)26-20-23-14(2)16-12-15(28-5)7-8-17(16)24-20/h7-8,11-12H,6,9-10H2,1-5H3,(H2,21,22,23,24,25,26). The van der Waals surface area contributed by atoms with Crippen LogP contribution in [0.5, 0.6) is 5.75 Å². The van der Waals surface area contributed by atoms with Gasteiger partial charge in [-0.05, 0) is 59.1 Å². The molecule has 2 aromatic heterocycles. The Bertz CT molecular complexity index is 959. The third-order valence-electron chi connectivity index (χ3n) is 4.26. The summed E-state index contributed by atoms with van der Waals surface area (Å²) in [7, 11) is 5.78. The zero-order valence-electron chi connectivity index (χ0n) is 17.1. The van der Waals surface area contributed by atoms with E-state index in [-0.39, 0.29) is 0 Å². The first kappa shape index (κ1) is 19.8. The van der Waals surface area contributed by atoms with E-state index >= 15 is 0 Å². The number of hydrogen-bond acceptors (Lipinski definition) is 8. The summed E-state index contributed by atoms with van der Waals surface area (Å²) in [4.78, 5) is 20.3. The number of rotatable bonds is 8. The van der Waals surface area contributed by atoms with Crippen molar-refractivity contribution in [1.82, 2.24) is 24.8 Å². The van der Waals surface area contributed by atoms with Crippen LogP contribution < -0.4 is 15.4 Å². The number of ether oxygens (including phenoxy) is 1. The highest BCUT2D eigenvalue weighted by molar-refractivity contribution is 5.83. The SMILES string of the molecule is COc1ccc2nc(Nc3nc(C)cc(NCCCN(C)C)n3)nc(C)c2c1. The fraction of sp³-hybridized carbons (Fsp3) is 0.400. The van der Waals surface area contributed by atoms with Crippen LogP contribution in [-0.4, -0.2) is 59.1 Å². The molecule has 0 spiro atoms. The lowest BCUT2D eigenvalue weighted by molar-refractivity contribution is 0.405. The van der Waals surface area contributed by atoms with Gasteiger partial charge in [0, 0.05) is 23.7 Å². The van der Waals surface area contributed by atoms with Crippen molar-refractivity contribution < 1.29 is 4.74 Å². The number of hydrogen-bond donors (Lipinski definition) is 2. The van der Waals surface area contributed by atoms with Gasteiger partial charge in [0.05, 0.1) is 18.3 Å². The molecule has 0 aliphatic heterocycles. The molecule has 2 N–H and O–H groups in total. The monoisotopic (exact) mass is 381 g/mol. The zero-order chi connectivity index (χ0) is 20.1. The van der Waals surface area contributed by atoms with Gasteiger partial charge in [0.2, 0.25) is 11.9 Å². The maximum absolute atomic E-state index is 5.28. The van der Waals surface area contributed by atoms with Crippen LogP contribution in [0.25, 0.3) is 10.9 Å². The molecule has 0 atom stereocenters. The number of aromatic nitrogens is 4. The summed E-state index contributed by atoms with van der Waals surface area (Å²) >= 11 is 0. The second kappa shape index (κ2) is 8.79. The lowest BCUT2D eigenvalue weighted by atomic mass is 10.2. The molecule has 0 radical (unpaired) electrons. The summed E-state index contributed by atoms with van der Waals surface area (Å²) in [6, 6.07) is 7.67. The Morgan fingerprint density at radius 1 is 1.00 bits per heavy atom. The van der Waals surface area contributed by atoms with Crippen molar-refractivity contribution >= 4 is 28.6 Å². The van der Waals surface area contributed by atoms with Crippen molar-refractivity contribution in [2.24, 2.45) is 0 Å². The summed E-state index contributed by atoms with van der Waals surface area (Å²) in [5.41, 5.74) is 2.57. The minimum absolute atomic E-state index is 0.472. The van der Waals surface area contributed by atoms with E-state index in [0.29, 0.717) is 11.9 Å². The molecular weight excluding hydrogens is 354 g/mol. The molecule has 1 aromatic carbocycles. The quantitative estimate of drug-likeness (QED) is 0.575. The largest absolute Gasteiger partial charge is 0.497 e. The average Bonchev–Trinajstić information content (AvgIpc) is 2.64. The Morgan fingerprint density at radius 2 is 1.79 bits per heavy atom. The van der Waals surface area contributed by atoms with E-state index in [1.165, 1.54) is 0 Å². The van der Waals surface area contributed by atoms with Gasteiger partial charge in [0.1, 0.15) is 11.6 Å². The Hall–Kier alpha value is -3.00. The van der Waals surface area contributed by atoms with E-state index in [1.54, 1.807) is 7.11 Å². The van der Waals surface area contributed by atoms with Gasteiger partial charge in [0.15, 0.2) is 0 Å². The van der Waals surface area contributed by atoms with Gasteiger partial charge >= 0.3 is 0 Å². The van der Waals surface area contributed by atoms with Crippen molar-refractivity contribution in [3.05, 3.63) is 35.7 Å². The third-order valence-corrected chi connectivity index (χ3v) is 4.26. The van der Waals surface area contributed by atoms with E-state index in [0.717, 1.165) is 53.4 Å². The molecule has 0 fully saturated rings. The smallest absolute Gasteiger partial charge is 0.231 e. The highest BCUT2D eigenvalue weighted by Gasteiger charge is 2.09. The maximum atomic E-state index is 5.28. The molecular formula is C20H27N7O. The fourth-order valence-electron chi connectivity index (χ4n) is 2.87. The summed E-state index contributed by atoms with van der Waals surface area (Å²) < 4.78 is 5.28. The topological polar surface area (TPSA) is 88.1 Å². The van der Waals surface area contributed by atoms with Crippen LogP contribution in [-0.2, 0) is 0 Å². The Labute approximate surface area is 165 Å². The van der Waals surface area contributed by atoms with Gasteiger partial charge in [-0.15, -0.1) is 0 Å². The zero-order valence-corrected chi connectivity index (χ0v) is 17.1. The predicted octanol–water partition coefficient (Wildman–Crippen LogP) is 3.15. The first-order chi connectivity index (χ1) is 13.4. The molecule has 0 saturated heterocycles. The number of benzene rings is 1. The van der Waals surface area contributed by atoms with Gasteiger partial charge in [-0.25, -0.2) is 15.0 Å². The van der Waals surface area contributed by atoms with Crippen LogP contribution in [0, 0.1) is 13.8 Å². The number of nitrogens with one attached hydrogen (secondary N) is 2. The molecule has 148 valence electrons. The molecule has 2 heterocycles. The molecule has 8 heteroatoms. The van der Waals surface area contributed by atoms with E-state index in [9.17, 15) is 0 Å². The van der Waals surface area contributed by atoms with Gasteiger partial charge in [-0.2, -0.15) is 4.98 Å². The van der Waals surface area contributed by atoms with E-state index in [4.69, 9.17) is 4.74 Å². The van der Waals surface area contributed by atoms with Crippen LogP contribution in [0.15, 0.2) is 24.3 Å². The van der Waals surface area contributed by atoms with Crippen LogP contribution in [0.4, 0.5) is 17.7 Å². The third kappa shape index (κ3) is 5.04. The number of anilines is 3. The van der Waals surface area contributed by atoms with Crippen LogP contribution in [0.2, 0.25) is 0 Å². The molecule has 3 aromatic rings. The lowest BCUT2D eigenvalue weighted by Crippen LogP contribution is -2.17. The molecule has 0 amide bonds. The first-order valence-corrected chi connectivity index (χ1v) is 9.28. The van der Waals surface area contributed by atoms with Crippen LogP contribution in [0.1, 0.15) is 17.8 Å². The highest BCUT2D eigenvalue weighted by Crippen LogP contribution is 2.23. The molecule has 0 aliphatic rings. The molecule has 28 heavy (non-hydrogen) atoms. The van der Waals surface area contributed by atoms with Crippen molar-refractivity contribution in [3.63, 3.8) is 0 Å². The summed E-state index contributed by atoms with van der Waals surface area (Å²) in [6.45, 7) is 5.76. The molecule has 8 nitrogen and oxygen atoms in total. The second-order valence-corrected chi connectivity index (χ2v) is 6.94. The van der Waals surface area contributed by atoms with Crippen molar-refractivity contribution in [1.29, 1.82) is 0 Å². The first-order valence-electron chi connectivity index (χ1n) is 9.28. The molecule has 3 rings (SSSR count). The molecule has 0 aliphatic carbocycles. The fourth-order valence-corrected chi connectivity index (χ4v) is 2.87. The van der Waals surface area contributed by atoms with E-state index in [2.05, 4.69) is 49.6 Å². The number of methoxy groups -OCH3 is 1. The molecule has 0 saturated carbocycles. The van der Waals surface area contributed by atoms with Crippen LogP contribution >= 0.6 is 0 Å².